The Labute approximate surface area is 132 Å². The maximum Gasteiger partial charge on any atom is 0.416 e. The van der Waals surface area contributed by atoms with Gasteiger partial charge in [-0.15, -0.1) is 0 Å². The molecule has 23 heavy (non-hydrogen) atoms. The molecule has 0 spiro atoms. The first kappa shape index (κ1) is 17.1. The van der Waals surface area contributed by atoms with Crippen LogP contribution in [0, 0.1) is 0 Å². The lowest BCUT2D eigenvalue weighted by atomic mass is 10.0. The fraction of sp³-hybridized carbons (Fsp3) is 0.467. The average molecular weight is 329 g/mol. The Morgan fingerprint density at radius 1 is 1.35 bits per heavy atom. The molecule has 0 bridgehead atoms. The fourth-order valence-corrected chi connectivity index (χ4v) is 2.24. The molecule has 8 heteroatoms. The van der Waals surface area contributed by atoms with Crippen LogP contribution in [0.1, 0.15) is 31.0 Å². The van der Waals surface area contributed by atoms with Crippen molar-refractivity contribution in [3.8, 4) is 0 Å². The van der Waals surface area contributed by atoms with Crippen LogP contribution in [-0.2, 0) is 10.9 Å². The summed E-state index contributed by atoms with van der Waals surface area (Å²) in [5.74, 6) is 0.334. The van der Waals surface area contributed by atoms with Crippen molar-refractivity contribution < 1.29 is 22.7 Å². The van der Waals surface area contributed by atoms with E-state index in [0.717, 1.165) is 12.1 Å². The van der Waals surface area contributed by atoms with Crippen molar-refractivity contribution in [1.29, 1.82) is 0 Å². The summed E-state index contributed by atoms with van der Waals surface area (Å²) in [4.78, 5) is 17.5. The van der Waals surface area contributed by atoms with Crippen LogP contribution >= 0.6 is 0 Å². The van der Waals surface area contributed by atoms with Gasteiger partial charge in [0.05, 0.1) is 24.3 Å². The lowest BCUT2D eigenvalue weighted by molar-refractivity contribution is -0.137. The van der Waals surface area contributed by atoms with Crippen molar-refractivity contribution in [3.05, 3.63) is 35.4 Å². The summed E-state index contributed by atoms with van der Waals surface area (Å²) in [6.07, 6.45) is -5.23. The van der Waals surface area contributed by atoms with Crippen LogP contribution in [-0.4, -0.2) is 36.6 Å². The number of hydrogen-bond acceptors (Lipinski definition) is 4. The van der Waals surface area contributed by atoms with E-state index in [1.807, 2.05) is 0 Å². The standard InChI is InChI=1S/C15H18F3N3O2/c1-9(2)23-14(22)20-13-19-8-12(21(13)3)10-4-6-11(7-5-10)15(16,17)18/h4-7,9,12H,8H2,1-3H3,(H,19,20,22). The summed E-state index contributed by atoms with van der Waals surface area (Å²) in [6.45, 7) is 3.80. The van der Waals surface area contributed by atoms with E-state index >= 15 is 0 Å². The molecule has 1 unspecified atom stereocenters. The molecule has 1 aliphatic rings. The Kier molecular flexibility index (Phi) is 4.82. The van der Waals surface area contributed by atoms with Gasteiger partial charge in [-0.1, -0.05) is 12.1 Å². The van der Waals surface area contributed by atoms with E-state index in [4.69, 9.17) is 4.74 Å². The monoisotopic (exact) mass is 329 g/mol. The van der Waals surface area contributed by atoms with Crippen molar-refractivity contribution in [2.24, 2.45) is 4.99 Å². The number of alkyl carbamates (subject to hydrolysis) is 1. The molecule has 0 saturated carbocycles. The van der Waals surface area contributed by atoms with E-state index in [-0.39, 0.29) is 12.1 Å². The molecule has 0 aromatic heterocycles. The summed E-state index contributed by atoms with van der Waals surface area (Å²) < 4.78 is 42.7. The number of carbonyl (C=O) groups is 1. The smallest absolute Gasteiger partial charge is 0.416 e. The maximum atomic E-state index is 12.6. The minimum absolute atomic E-state index is 0.230. The van der Waals surface area contributed by atoms with Crippen LogP contribution in [0.15, 0.2) is 29.3 Å². The molecule has 1 aliphatic heterocycles. The van der Waals surface area contributed by atoms with E-state index in [1.54, 1.807) is 25.8 Å². The van der Waals surface area contributed by atoms with E-state index in [1.165, 1.54) is 12.1 Å². The fourth-order valence-electron chi connectivity index (χ4n) is 2.24. The van der Waals surface area contributed by atoms with Crippen molar-refractivity contribution >= 4 is 12.1 Å². The number of rotatable bonds is 2. The number of halogens is 3. The Bertz CT molecular complexity index is 597. The second kappa shape index (κ2) is 6.47. The van der Waals surface area contributed by atoms with Gasteiger partial charge in [0.1, 0.15) is 0 Å². The van der Waals surface area contributed by atoms with Gasteiger partial charge in [0.15, 0.2) is 0 Å². The Morgan fingerprint density at radius 3 is 2.48 bits per heavy atom. The molecule has 0 radical (unpaired) electrons. The molecule has 1 amide bonds. The van der Waals surface area contributed by atoms with Gasteiger partial charge in [0.2, 0.25) is 5.96 Å². The molecule has 1 N–H and O–H groups in total. The van der Waals surface area contributed by atoms with Gasteiger partial charge in [0, 0.05) is 7.05 Å². The zero-order valence-electron chi connectivity index (χ0n) is 13.0. The molecule has 2 rings (SSSR count). The number of likely N-dealkylation sites (N-methyl/N-ethyl adjacent to an activating group) is 1. The Morgan fingerprint density at radius 2 is 1.96 bits per heavy atom. The quantitative estimate of drug-likeness (QED) is 0.907. The highest BCUT2D eigenvalue weighted by Crippen LogP contribution is 2.31. The summed E-state index contributed by atoms with van der Waals surface area (Å²) in [7, 11) is 1.71. The highest BCUT2D eigenvalue weighted by atomic mass is 19.4. The SMILES string of the molecule is CC(C)OC(=O)NC1=NCC(c2ccc(C(F)(F)F)cc2)N1C. The number of ether oxygens (including phenoxy) is 1. The van der Waals surface area contributed by atoms with E-state index in [9.17, 15) is 18.0 Å². The number of amides is 1. The maximum absolute atomic E-state index is 12.6. The van der Waals surface area contributed by atoms with Gasteiger partial charge in [-0.25, -0.2) is 4.79 Å². The largest absolute Gasteiger partial charge is 0.447 e. The third-order valence-corrected chi connectivity index (χ3v) is 3.39. The number of benzene rings is 1. The van der Waals surface area contributed by atoms with Crippen LogP contribution in [0.5, 0.6) is 0 Å². The summed E-state index contributed by atoms with van der Waals surface area (Å²) in [5.41, 5.74) is -0.0000417. The van der Waals surface area contributed by atoms with Gasteiger partial charge in [-0.2, -0.15) is 13.2 Å². The van der Waals surface area contributed by atoms with Crippen LogP contribution in [0.4, 0.5) is 18.0 Å². The molecule has 0 aliphatic carbocycles. The van der Waals surface area contributed by atoms with Gasteiger partial charge in [-0.05, 0) is 31.5 Å². The number of guanidine groups is 1. The number of alkyl halides is 3. The number of aliphatic imine (C=N–C) groups is 1. The van der Waals surface area contributed by atoms with Gasteiger partial charge in [0.25, 0.3) is 0 Å². The zero-order valence-corrected chi connectivity index (χ0v) is 13.0. The number of hydrogen-bond donors (Lipinski definition) is 1. The third-order valence-electron chi connectivity index (χ3n) is 3.39. The normalized spacial score (nSPS) is 18.1. The Balaban J connectivity index is 2.03. The van der Waals surface area contributed by atoms with E-state index in [2.05, 4.69) is 10.3 Å². The highest BCUT2D eigenvalue weighted by molar-refractivity contribution is 5.95. The molecule has 1 heterocycles. The third kappa shape index (κ3) is 4.14. The summed E-state index contributed by atoms with van der Waals surface area (Å²) in [6, 6.07) is 4.71. The van der Waals surface area contributed by atoms with E-state index in [0.29, 0.717) is 18.1 Å². The molecule has 0 saturated heterocycles. The second-order valence-electron chi connectivity index (χ2n) is 5.49. The minimum Gasteiger partial charge on any atom is -0.447 e. The number of nitrogens with zero attached hydrogens (tertiary/aromatic N) is 2. The highest BCUT2D eigenvalue weighted by Gasteiger charge is 2.32. The first-order chi connectivity index (χ1) is 10.7. The molecular formula is C15H18F3N3O2. The van der Waals surface area contributed by atoms with Crippen LogP contribution in [0.25, 0.3) is 0 Å². The van der Waals surface area contributed by atoms with Gasteiger partial charge < -0.3 is 9.64 Å². The van der Waals surface area contributed by atoms with E-state index < -0.39 is 17.8 Å². The van der Waals surface area contributed by atoms with Crippen LogP contribution in [0.2, 0.25) is 0 Å². The van der Waals surface area contributed by atoms with Gasteiger partial charge in [-0.3, -0.25) is 10.3 Å². The molecular weight excluding hydrogens is 311 g/mol. The molecule has 1 aromatic rings. The first-order valence-corrected chi connectivity index (χ1v) is 7.10. The topological polar surface area (TPSA) is 53.9 Å². The molecule has 126 valence electrons. The van der Waals surface area contributed by atoms with Crippen molar-refractivity contribution in [3.63, 3.8) is 0 Å². The predicted molar refractivity (Wildman–Crippen MR) is 79.0 cm³/mol. The summed E-state index contributed by atoms with van der Waals surface area (Å²) in [5, 5.41) is 2.53. The lowest BCUT2D eigenvalue weighted by Crippen LogP contribution is -2.41. The van der Waals surface area contributed by atoms with Crippen LogP contribution < -0.4 is 5.32 Å². The van der Waals surface area contributed by atoms with Crippen LogP contribution in [0.3, 0.4) is 0 Å². The zero-order chi connectivity index (χ0) is 17.2. The molecule has 0 fully saturated rings. The predicted octanol–water partition coefficient (Wildman–Crippen LogP) is 3.18. The van der Waals surface area contributed by atoms with Crippen molar-refractivity contribution in [2.45, 2.75) is 32.2 Å². The minimum atomic E-state index is -4.36. The van der Waals surface area contributed by atoms with Gasteiger partial charge >= 0.3 is 12.3 Å². The summed E-state index contributed by atoms with van der Waals surface area (Å²) >= 11 is 0. The number of nitrogens with one attached hydrogen (secondary N) is 1. The van der Waals surface area contributed by atoms with Crippen molar-refractivity contribution in [1.82, 2.24) is 10.2 Å². The molecule has 5 nitrogen and oxygen atoms in total. The van der Waals surface area contributed by atoms with Crippen molar-refractivity contribution in [2.75, 3.05) is 13.6 Å². The second-order valence-corrected chi connectivity index (χ2v) is 5.49. The number of carbonyl (C=O) groups excluding carboxylic acids is 1. The first-order valence-electron chi connectivity index (χ1n) is 7.10. The molecule has 1 atom stereocenters. The molecule has 1 aromatic carbocycles. The Hall–Kier alpha value is -2.25. The lowest BCUT2D eigenvalue weighted by Gasteiger charge is -2.24. The average Bonchev–Trinajstić information content (AvgIpc) is 2.78.